The predicted molar refractivity (Wildman–Crippen MR) is 79.5 cm³/mol. The Balaban J connectivity index is 2.30. The quantitative estimate of drug-likeness (QED) is 0.803. The second kappa shape index (κ2) is 5.11. The fraction of sp³-hybridized carbons (Fsp3) is 0.533. The number of benzene rings is 1. The smallest absolute Gasteiger partial charge is 0.251 e. The van der Waals surface area contributed by atoms with Gasteiger partial charge in [-0.15, -0.1) is 0 Å². The minimum Gasteiger partial charge on any atom is -0.397 e. The third-order valence-electron chi connectivity index (χ3n) is 3.76. The number of anilines is 2. The van der Waals surface area contributed by atoms with E-state index in [4.69, 9.17) is 5.73 Å². The Morgan fingerprint density at radius 3 is 2.79 bits per heavy atom. The van der Waals surface area contributed by atoms with Crippen molar-refractivity contribution in [3.63, 3.8) is 0 Å². The summed E-state index contributed by atoms with van der Waals surface area (Å²) in [5, 5.41) is 2.65. The maximum Gasteiger partial charge on any atom is 0.251 e. The lowest BCUT2D eigenvalue weighted by atomic mass is 9.84. The maximum absolute atomic E-state index is 11.7. The molecule has 0 saturated carbocycles. The third-order valence-corrected chi connectivity index (χ3v) is 3.76. The van der Waals surface area contributed by atoms with Crippen LogP contribution in [0.2, 0.25) is 0 Å². The number of carbonyl (C=O) groups excluding carboxylic acids is 1. The van der Waals surface area contributed by atoms with Crippen molar-refractivity contribution in [3.05, 3.63) is 23.8 Å². The molecule has 1 saturated heterocycles. The number of rotatable bonds is 2. The summed E-state index contributed by atoms with van der Waals surface area (Å²) in [6, 6.07) is 5.49. The molecule has 2 rings (SSSR count). The first-order valence-corrected chi connectivity index (χ1v) is 6.79. The van der Waals surface area contributed by atoms with Crippen molar-refractivity contribution in [2.75, 3.05) is 30.8 Å². The Labute approximate surface area is 115 Å². The normalized spacial score (nSPS) is 18.2. The number of hydrogen-bond acceptors (Lipinski definition) is 3. The van der Waals surface area contributed by atoms with Crippen molar-refractivity contribution in [1.29, 1.82) is 0 Å². The minimum atomic E-state index is -0.0717. The van der Waals surface area contributed by atoms with Crippen LogP contribution in [0.1, 0.15) is 37.0 Å². The summed E-state index contributed by atoms with van der Waals surface area (Å²) in [7, 11) is 1.64. The van der Waals surface area contributed by atoms with Crippen molar-refractivity contribution in [3.8, 4) is 0 Å². The fourth-order valence-corrected chi connectivity index (χ4v) is 2.73. The van der Waals surface area contributed by atoms with Gasteiger partial charge in [0.1, 0.15) is 0 Å². The van der Waals surface area contributed by atoms with Crippen LogP contribution in [0.15, 0.2) is 18.2 Å². The van der Waals surface area contributed by atoms with Crippen LogP contribution in [0.4, 0.5) is 11.4 Å². The molecule has 1 aliphatic rings. The number of hydrogen-bond donors (Lipinski definition) is 2. The summed E-state index contributed by atoms with van der Waals surface area (Å²) < 4.78 is 0. The molecule has 0 aromatic heterocycles. The van der Waals surface area contributed by atoms with E-state index >= 15 is 0 Å². The lowest BCUT2D eigenvalue weighted by Crippen LogP contribution is -2.40. The SMILES string of the molecule is CNC(=O)c1ccc(N)c(N2CCCC(C)(C)C2)c1. The standard InChI is InChI=1S/C15H23N3O/c1-15(2)7-4-8-18(10-15)13-9-11(14(19)17-3)5-6-12(13)16/h5-6,9H,4,7-8,10,16H2,1-3H3,(H,17,19). The predicted octanol–water partition coefficient (Wildman–Crippen LogP) is 2.25. The van der Waals surface area contributed by atoms with E-state index in [1.54, 1.807) is 13.1 Å². The zero-order valence-corrected chi connectivity index (χ0v) is 12.0. The molecule has 1 aliphatic heterocycles. The van der Waals surface area contributed by atoms with E-state index in [2.05, 4.69) is 24.1 Å². The zero-order chi connectivity index (χ0) is 14.0. The molecule has 1 fully saturated rings. The van der Waals surface area contributed by atoms with Gasteiger partial charge in [-0.1, -0.05) is 13.8 Å². The molecule has 3 N–H and O–H groups in total. The summed E-state index contributed by atoms with van der Waals surface area (Å²) in [5.41, 5.74) is 8.76. The van der Waals surface area contributed by atoms with Crippen LogP contribution in [-0.2, 0) is 0 Å². The van der Waals surface area contributed by atoms with Crippen LogP contribution < -0.4 is 16.0 Å². The summed E-state index contributed by atoms with van der Waals surface area (Å²) in [4.78, 5) is 14.0. The molecular weight excluding hydrogens is 238 g/mol. The van der Waals surface area contributed by atoms with E-state index in [-0.39, 0.29) is 5.91 Å². The van der Waals surface area contributed by atoms with E-state index in [1.165, 1.54) is 6.42 Å². The molecule has 0 bridgehead atoms. The van der Waals surface area contributed by atoms with Crippen LogP contribution in [0.3, 0.4) is 0 Å². The number of nitrogens with zero attached hydrogens (tertiary/aromatic N) is 1. The van der Waals surface area contributed by atoms with E-state index in [0.29, 0.717) is 11.0 Å². The van der Waals surface area contributed by atoms with Gasteiger partial charge in [0.15, 0.2) is 0 Å². The molecule has 1 aromatic rings. The first-order valence-electron chi connectivity index (χ1n) is 6.79. The highest BCUT2D eigenvalue weighted by atomic mass is 16.1. The molecule has 4 heteroatoms. The molecule has 104 valence electrons. The summed E-state index contributed by atoms with van der Waals surface area (Å²) in [6.45, 7) is 6.54. The molecule has 1 amide bonds. The largest absolute Gasteiger partial charge is 0.397 e. The Bertz CT molecular complexity index is 482. The van der Waals surface area contributed by atoms with E-state index in [0.717, 1.165) is 30.9 Å². The first-order chi connectivity index (χ1) is 8.93. The second-order valence-electron chi connectivity index (χ2n) is 6.04. The maximum atomic E-state index is 11.7. The van der Waals surface area contributed by atoms with Gasteiger partial charge in [-0.25, -0.2) is 0 Å². The van der Waals surface area contributed by atoms with Crippen LogP contribution in [0.5, 0.6) is 0 Å². The van der Waals surface area contributed by atoms with E-state index in [9.17, 15) is 4.79 Å². The van der Waals surface area contributed by atoms with Gasteiger partial charge in [-0.05, 0) is 36.5 Å². The zero-order valence-electron chi connectivity index (χ0n) is 12.0. The first kappa shape index (κ1) is 13.7. The Hall–Kier alpha value is -1.71. The molecule has 0 aliphatic carbocycles. The molecular formula is C15H23N3O. The van der Waals surface area contributed by atoms with E-state index < -0.39 is 0 Å². The molecule has 4 nitrogen and oxygen atoms in total. The fourth-order valence-electron chi connectivity index (χ4n) is 2.73. The number of nitrogens with one attached hydrogen (secondary N) is 1. The Kier molecular flexibility index (Phi) is 3.69. The monoisotopic (exact) mass is 261 g/mol. The topological polar surface area (TPSA) is 58.4 Å². The summed E-state index contributed by atoms with van der Waals surface area (Å²) in [6.07, 6.45) is 2.40. The van der Waals surface area contributed by atoms with Gasteiger partial charge < -0.3 is 16.0 Å². The lowest BCUT2D eigenvalue weighted by molar-refractivity contribution is 0.0963. The molecule has 0 atom stereocenters. The highest BCUT2D eigenvalue weighted by molar-refractivity contribution is 5.96. The van der Waals surface area contributed by atoms with Gasteiger partial charge in [-0.2, -0.15) is 0 Å². The average molecular weight is 261 g/mol. The molecule has 1 aromatic carbocycles. The molecule has 0 radical (unpaired) electrons. The minimum absolute atomic E-state index is 0.0717. The lowest BCUT2D eigenvalue weighted by Gasteiger charge is -2.40. The number of amides is 1. The van der Waals surface area contributed by atoms with Crippen molar-refractivity contribution in [1.82, 2.24) is 5.32 Å². The second-order valence-corrected chi connectivity index (χ2v) is 6.04. The van der Waals surface area contributed by atoms with Gasteiger partial charge in [0.2, 0.25) is 0 Å². The van der Waals surface area contributed by atoms with Crippen molar-refractivity contribution < 1.29 is 4.79 Å². The number of nitrogen functional groups attached to an aromatic ring is 1. The van der Waals surface area contributed by atoms with E-state index in [1.807, 2.05) is 12.1 Å². The highest BCUT2D eigenvalue weighted by Crippen LogP contribution is 2.34. The van der Waals surface area contributed by atoms with Gasteiger partial charge in [0.25, 0.3) is 5.91 Å². The Morgan fingerprint density at radius 1 is 1.42 bits per heavy atom. The van der Waals surface area contributed by atoms with Crippen LogP contribution in [0, 0.1) is 5.41 Å². The average Bonchev–Trinajstić information content (AvgIpc) is 2.37. The van der Waals surface area contributed by atoms with Gasteiger partial charge in [0.05, 0.1) is 11.4 Å². The molecule has 0 unspecified atom stereocenters. The summed E-state index contributed by atoms with van der Waals surface area (Å²) in [5.74, 6) is -0.0717. The van der Waals surface area contributed by atoms with Gasteiger partial charge >= 0.3 is 0 Å². The summed E-state index contributed by atoms with van der Waals surface area (Å²) >= 11 is 0. The highest BCUT2D eigenvalue weighted by Gasteiger charge is 2.27. The van der Waals surface area contributed by atoms with Crippen molar-refractivity contribution in [2.24, 2.45) is 5.41 Å². The molecule has 0 spiro atoms. The van der Waals surface area contributed by atoms with Gasteiger partial charge in [-0.3, -0.25) is 4.79 Å². The van der Waals surface area contributed by atoms with Crippen LogP contribution in [-0.4, -0.2) is 26.0 Å². The van der Waals surface area contributed by atoms with Crippen LogP contribution >= 0.6 is 0 Å². The van der Waals surface area contributed by atoms with Crippen LogP contribution in [0.25, 0.3) is 0 Å². The van der Waals surface area contributed by atoms with Crippen molar-refractivity contribution >= 4 is 17.3 Å². The number of carbonyl (C=O) groups is 1. The van der Waals surface area contributed by atoms with Gasteiger partial charge in [0, 0.05) is 25.7 Å². The third kappa shape index (κ3) is 3.00. The van der Waals surface area contributed by atoms with Crippen molar-refractivity contribution in [2.45, 2.75) is 26.7 Å². The molecule has 19 heavy (non-hydrogen) atoms. The number of nitrogens with two attached hydrogens (primary N) is 1. The number of piperidine rings is 1. The molecule has 1 heterocycles. The Morgan fingerprint density at radius 2 is 2.16 bits per heavy atom.